The van der Waals surface area contributed by atoms with Gasteiger partial charge in [-0.05, 0) is 29.8 Å². The molecule has 1 aromatic carbocycles. The SMILES string of the molecule is O=C(Cl)c1cccc2ccc(Cl)nc12. The lowest BCUT2D eigenvalue weighted by Crippen LogP contribution is -1.92. The lowest BCUT2D eigenvalue weighted by atomic mass is 10.1. The van der Waals surface area contributed by atoms with Gasteiger partial charge in [-0.15, -0.1) is 0 Å². The van der Waals surface area contributed by atoms with Crippen molar-refractivity contribution in [2.24, 2.45) is 0 Å². The molecule has 0 spiro atoms. The molecule has 0 saturated heterocycles. The highest BCUT2D eigenvalue weighted by Gasteiger charge is 2.08. The Balaban J connectivity index is 2.84. The zero-order valence-corrected chi connectivity index (χ0v) is 8.51. The molecule has 0 aliphatic heterocycles. The summed E-state index contributed by atoms with van der Waals surface area (Å²) in [6, 6.07) is 8.71. The van der Waals surface area contributed by atoms with Gasteiger partial charge in [0.15, 0.2) is 0 Å². The van der Waals surface area contributed by atoms with E-state index in [0.717, 1.165) is 5.39 Å². The third-order valence-electron chi connectivity index (χ3n) is 1.90. The molecule has 2 aromatic rings. The number of benzene rings is 1. The van der Waals surface area contributed by atoms with Crippen LogP contribution in [0.4, 0.5) is 0 Å². The van der Waals surface area contributed by atoms with Crippen LogP contribution in [0.5, 0.6) is 0 Å². The molecule has 0 amide bonds. The van der Waals surface area contributed by atoms with Gasteiger partial charge in [0, 0.05) is 5.39 Å². The van der Waals surface area contributed by atoms with Crippen LogP contribution in [0.1, 0.15) is 10.4 Å². The van der Waals surface area contributed by atoms with Gasteiger partial charge < -0.3 is 0 Å². The van der Waals surface area contributed by atoms with Crippen molar-refractivity contribution >= 4 is 39.3 Å². The first-order valence-electron chi connectivity index (χ1n) is 3.93. The van der Waals surface area contributed by atoms with Crippen molar-refractivity contribution in [2.75, 3.05) is 0 Å². The summed E-state index contributed by atoms with van der Waals surface area (Å²) in [5.74, 6) is 0. The second-order valence-corrected chi connectivity index (χ2v) is 3.52. The lowest BCUT2D eigenvalue weighted by Gasteiger charge is -2.00. The lowest BCUT2D eigenvalue weighted by molar-refractivity contribution is 0.108. The van der Waals surface area contributed by atoms with E-state index in [-0.39, 0.29) is 0 Å². The highest BCUT2D eigenvalue weighted by atomic mass is 35.5. The van der Waals surface area contributed by atoms with Gasteiger partial charge in [-0.1, -0.05) is 23.7 Å². The average molecular weight is 226 g/mol. The van der Waals surface area contributed by atoms with Gasteiger partial charge in [-0.2, -0.15) is 0 Å². The Bertz CT molecular complexity index is 510. The minimum absolute atomic E-state index is 0.350. The van der Waals surface area contributed by atoms with Gasteiger partial charge in [0.05, 0.1) is 11.1 Å². The summed E-state index contributed by atoms with van der Waals surface area (Å²) < 4.78 is 0. The molecular formula is C10H5Cl2NO. The van der Waals surface area contributed by atoms with E-state index >= 15 is 0 Å². The number of fused-ring (bicyclic) bond motifs is 1. The fraction of sp³-hybridized carbons (Fsp3) is 0. The van der Waals surface area contributed by atoms with Crippen LogP contribution in [-0.2, 0) is 0 Å². The number of carbonyl (C=O) groups excluding carboxylic acids is 1. The van der Waals surface area contributed by atoms with Crippen molar-refractivity contribution in [1.29, 1.82) is 0 Å². The first kappa shape index (κ1) is 9.44. The third-order valence-corrected chi connectivity index (χ3v) is 2.31. The molecule has 2 nitrogen and oxygen atoms in total. The highest BCUT2D eigenvalue weighted by molar-refractivity contribution is 6.68. The van der Waals surface area contributed by atoms with Crippen molar-refractivity contribution in [3.8, 4) is 0 Å². The second kappa shape index (κ2) is 3.56. The van der Waals surface area contributed by atoms with E-state index < -0.39 is 5.24 Å². The van der Waals surface area contributed by atoms with E-state index in [4.69, 9.17) is 23.2 Å². The van der Waals surface area contributed by atoms with Crippen LogP contribution in [0.3, 0.4) is 0 Å². The molecule has 0 fully saturated rings. The normalized spacial score (nSPS) is 10.4. The topological polar surface area (TPSA) is 30.0 Å². The number of rotatable bonds is 1. The van der Waals surface area contributed by atoms with Gasteiger partial charge in [-0.3, -0.25) is 4.79 Å². The summed E-state index contributed by atoms with van der Waals surface area (Å²) in [6.07, 6.45) is 0. The van der Waals surface area contributed by atoms with E-state index in [1.807, 2.05) is 6.07 Å². The summed E-state index contributed by atoms with van der Waals surface area (Å²) in [7, 11) is 0. The number of pyridine rings is 1. The van der Waals surface area contributed by atoms with E-state index in [1.54, 1.807) is 24.3 Å². The largest absolute Gasteiger partial charge is 0.276 e. The molecule has 1 aromatic heterocycles. The van der Waals surface area contributed by atoms with Gasteiger partial charge in [0.2, 0.25) is 0 Å². The molecule has 4 heteroatoms. The Labute approximate surface area is 90.5 Å². The number of nitrogens with zero attached hydrogens (tertiary/aromatic N) is 1. The summed E-state index contributed by atoms with van der Waals surface area (Å²) in [4.78, 5) is 15.1. The molecule has 1 heterocycles. The monoisotopic (exact) mass is 225 g/mol. The predicted octanol–water partition coefficient (Wildman–Crippen LogP) is 3.27. The Morgan fingerprint density at radius 2 is 2.00 bits per heavy atom. The smallest absolute Gasteiger partial charge is 0.254 e. The molecule has 2 rings (SSSR count). The number of halogens is 2. The fourth-order valence-corrected chi connectivity index (χ4v) is 1.58. The summed E-state index contributed by atoms with van der Waals surface area (Å²) in [6.45, 7) is 0. The Morgan fingerprint density at radius 3 is 2.71 bits per heavy atom. The fourth-order valence-electron chi connectivity index (χ4n) is 1.28. The summed E-state index contributed by atoms with van der Waals surface area (Å²) in [5.41, 5.74) is 0.923. The quantitative estimate of drug-likeness (QED) is 0.551. The molecule has 70 valence electrons. The van der Waals surface area contributed by atoms with Crippen molar-refractivity contribution in [2.45, 2.75) is 0 Å². The van der Waals surface area contributed by atoms with Crippen LogP contribution < -0.4 is 0 Å². The predicted molar refractivity (Wildman–Crippen MR) is 56.9 cm³/mol. The maximum Gasteiger partial charge on any atom is 0.254 e. The maximum absolute atomic E-state index is 11.1. The van der Waals surface area contributed by atoms with Crippen LogP contribution in [-0.4, -0.2) is 10.2 Å². The van der Waals surface area contributed by atoms with Crippen LogP contribution in [0, 0.1) is 0 Å². The van der Waals surface area contributed by atoms with Crippen LogP contribution in [0.15, 0.2) is 30.3 Å². The van der Waals surface area contributed by atoms with Gasteiger partial charge in [0.1, 0.15) is 5.15 Å². The maximum atomic E-state index is 11.1. The molecule has 0 aliphatic rings. The van der Waals surface area contributed by atoms with Crippen LogP contribution in [0.25, 0.3) is 10.9 Å². The van der Waals surface area contributed by atoms with E-state index in [1.165, 1.54) is 0 Å². The molecule has 0 radical (unpaired) electrons. The Morgan fingerprint density at radius 1 is 1.21 bits per heavy atom. The molecule has 0 atom stereocenters. The molecular weight excluding hydrogens is 221 g/mol. The number of aromatic nitrogens is 1. The third kappa shape index (κ3) is 1.59. The highest BCUT2D eigenvalue weighted by Crippen LogP contribution is 2.20. The molecule has 0 saturated carbocycles. The zero-order valence-electron chi connectivity index (χ0n) is 7.00. The van der Waals surface area contributed by atoms with Gasteiger partial charge in [-0.25, -0.2) is 4.98 Å². The average Bonchev–Trinajstić information content (AvgIpc) is 2.16. The standard InChI is InChI=1S/C10H5Cl2NO/c11-8-5-4-6-2-1-3-7(10(12)14)9(6)13-8/h1-5H. The Hall–Kier alpha value is -1.12. The number of hydrogen-bond acceptors (Lipinski definition) is 2. The van der Waals surface area contributed by atoms with Gasteiger partial charge in [0.25, 0.3) is 5.24 Å². The molecule has 0 bridgehead atoms. The first-order chi connectivity index (χ1) is 6.68. The van der Waals surface area contributed by atoms with Crippen molar-refractivity contribution in [3.05, 3.63) is 41.0 Å². The minimum Gasteiger partial charge on any atom is -0.276 e. The number of para-hydroxylation sites is 1. The van der Waals surface area contributed by atoms with E-state index in [2.05, 4.69) is 4.98 Å². The zero-order chi connectivity index (χ0) is 10.1. The summed E-state index contributed by atoms with van der Waals surface area (Å²) in [5, 5.41) is 0.675. The van der Waals surface area contributed by atoms with Crippen LogP contribution in [0.2, 0.25) is 5.15 Å². The minimum atomic E-state index is -0.523. The molecule has 0 unspecified atom stereocenters. The molecule has 0 N–H and O–H groups in total. The molecule has 14 heavy (non-hydrogen) atoms. The Kier molecular flexibility index (Phi) is 2.40. The van der Waals surface area contributed by atoms with Crippen LogP contribution >= 0.6 is 23.2 Å². The number of hydrogen-bond donors (Lipinski definition) is 0. The summed E-state index contributed by atoms with van der Waals surface area (Å²) >= 11 is 11.1. The van der Waals surface area contributed by atoms with E-state index in [0.29, 0.717) is 16.2 Å². The van der Waals surface area contributed by atoms with E-state index in [9.17, 15) is 4.79 Å². The number of carbonyl (C=O) groups is 1. The second-order valence-electron chi connectivity index (χ2n) is 2.78. The first-order valence-corrected chi connectivity index (χ1v) is 4.69. The van der Waals surface area contributed by atoms with Crippen molar-refractivity contribution in [3.63, 3.8) is 0 Å². The van der Waals surface area contributed by atoms with Gasteiger partial charge >= 0.3 is 0 Å². The van der Waals surface area contributed by atoms with Crippen molar-refractivity contribution < 1.29 is 4.79 Å². The molecule has 0 aliphatic carbocycles. The van der Waals surface area contributed by atoms with Crippen molar-refractivity contribution in [1.82, 2.24) is 4.98 Å².